The minimum atomic E-state index is -0.333. The van der Waals surface area contributed by atoms with Gasteiger partial charge < -0.3 is 9.30 Å². The monoisotopic (exact) mass is 249 g/mol. The van der Waals surface area contributed by atoms with Gasteiger partial charge in [0.25, 0.3) is 5.56 Å². The van der Waals surface area contributed by atoms with Crippen LogP contribution in [0.3, 0.4) is 0 Å². The van der Waals surface area contributed by atoms with Gasteiger partial charge >= 0.3 is 5.97 Å². The van der Waals surface area contributed by atoms with E-state index in [9.17, 15) is 9.59 Å². The summed E-state index contributed by atoms with van der Waals surface area (Å²) in [5.74, 6) is -0.333. The number of aryl methyl sites for hydroxylation is 1. The Labute approximate surface area is 107 Å². The summed E-state index contributed by atoms with van der Waals surface area (Å²) in [6.07, 6.45) is 3.19. The van der Waals surface area contributed by atoms with Crippen molar-refractivity contribution in [3.8, 4) is 0 Å². The van der Waals surface area contributed by atoms with Gasteiger partial charge in [-0.15, -0.1) is 0 Å². The normalized spacial score (nSPS) is 15.3. The van der Waals surface area contributed by atoms with Crippen molar-refractivity contribution in [2.24, 2.45) is 0 Å². The number of carbonyl (C=O) groups excluding carboxylic acids is 1. The molecule has 1 heterocycles. The molecule has 1 aromatic heterocycles. The maximum Gasteiger partial charge on any atom is 0.340 e. The number of rotatable bonds is 3. The molecule has 0 bridgehead atoms. The second-order valence-electron chi connectivity index (χ2n) is 4.80. The van der Waals surface area contributed by atoms with Gasteiger partial charge in [0.2, 0.25) is 0 Å². The van der Waals surface area contributed by atoms with E-state index < -0.39 is 0 Å². The fourth-order valence-electron chi connectivity index (χ4n) is 2.51. The van der Waals surface area contributed by atoms with Gasteiger partial charge in [-0.1, -0.05) is 0 Å². The third-order valence-electron chi connectivity index (χ3n) is 3.61. The summed E-state index contributed by atoms with van der Waals surface area (Å²) < 4.78 is 6.81. The van der Waals surface area contributed by atoms with Gasteiger partial charge in [-0.05, 0) is 45.6 Å². The van der Waals surface area contributed by atoms with E-state index in [1.54, 1.807) is 18.4 Å². The van der Waals surface area contributed by atoms with Crippen molar-refractivity contribution < 1.29 is 9.53 Å². The molecule has 98 valence electrons. The van der Waals surface area contributed by atoms with E-state index in [2.05, 4.69) is 0 Å². The first-order chi connectivity index (χ1) is 8.56. The Morgan fingerprint density at radius 3 is 2.61 bits per heavy atom. The van der Waals surface area contributed by atoms with E-state index in [0.717, 1.165) is 25.0 Å². The quantitative estimate of drug-likeness (QED) is 0.773. The van der Waals surface area contributed by atoms with Crippen molar-refractivity contribution in [1.82, 2.24) is 4.57 Å². The van der Waals surface area contributed by atoms with Crippen molar-refractivity contribution in [3.05, 3.63) is 33.2 Å². The number of aromatic nitrogens is 1. The molecule has 0 spiro atoms. The molecule has 0 aliphatic heterocycles. The predicted molar refractivity (Wildman–Crippen MR) is 69.0 cm³/mol. The molecule has 0 aromatic carbocycles. The molecule has 1 aromatic rings. The predicted octanol–water partition coefficient (Wildman–Crippen LogP) is 2.37. The molecule has 1 aliphatic carbocycles. The second-order valence-corrected chi connectivity index (χ2v) is 4.80. The highest BCUT2D eigenvalue weighted by Crippen LogP contribution is 2.32. The largest absolute Gasteiger partial charge is 0.462 e. The maximum atomic E-state index is 12.0. The standard InChI is InChI=1S/C14H19NO3/c1-4-18-14(17)13-9(2)8-12(16)15(10(13)3)11-6-5-7-11/h8,11H,4-7H2,1-3H3. The van der Waals surface area contributed by atoms with Crippen LogP contribution in [0.15, 0.2) is 10.9 Å². The van der Waals surface area contributed by atoms with Gasteiger partial charge in [0.15, 0.2) is 0 Å². The molecule has 0 N–H and O–H groups in total. The fraction of sp³-hybridized carbons (Fsp3) is 0.571. The van der Waals surface area contributed by atoms with Crippen molar-refractivity contribution in [1.29, 1.82) is 0 Å². The molecule has 18 heavy (non-hydrogen) atoms. The lowest BCUT2D eigenvalue weighted by Gasteiger charge is -2.30. The first-order valence-corrected chi connectivity index (χ1v) is 6.46. The Morgan fingerprint density at radius 2 is 2.11 bits per heavy atom. The summed E-state index contributed by atoms with van der Waals surface area (Å²) in [5.41, 5.74) is 1.97. The van der Waals surface area contributed by atoms with Gasteiger partial charge in [-0.25, -0.2) is 4.79 Å². The molecule has 0 saturated heterocycles. The Hall–Kier alpha value is -1.58. The van der Waals surface area contributed by atoms with Crippen molar-refractivity contribution in [2.45, 2.75) is 46.1 Å². The van der Waals surface area contributed by atoms with Crippen LogP contribution in [0.25, 0.3) is 0 Å². The lowest BCUT2D eigenvalue weighted by atomic mass is 9.91. The van der Waals surface area contributed by atoms with Gasteiger partial charge in [0.1, 0.15) is 0 Å². The molecule has 1 fully saturated rings. The smallest absolute Gasteiger partial charge is 0.340 e. The third-order valence-corrected chi connectivity index (χ3v) is 3.61. The van der Waals surface area contributed by atoms with E-state index in [4.69, 9.17) is 4.74 Å². The zero-order valence-corrected chi connectivity index (χ0v) is 11.2. The molecule has 1 aliphatic rings. The summed E-state index contributed by atoms with van der Waals surface area (Å²) in [6.45, 7) is 5.75. The zero-order chi connectivity index (χ0) is 13.3. The highest BCUT2D eigenvalue weighted by atomic mass is 16.5. The molecular formula is C14H19NO3. The highest BCUT2D eigenvalue weighted by molar-refractivity contribution is 5.92. The Bertz CT molecular complexity index is 527. The van der Waals surface area contributed by atoms with E-state index >= 15 is 0 Å². The highest BCUT2D eigenvalue weighted by Gasteiger charge is 2.25. The number of nitrogens with zero attached hydrogens (tertiary/aromatic N) is 1. The number of carbonyl (C=O) groups is 1. The first-order valence-electron chi connectivity index (χ1n) is 6.46. The Morgan fingerprint density at radius 1 is 1.44 bits per heavy atom. The molecule has 0 unspecified atom stereocenters. The maximum absolute atomic E-state index is 12.0. The summed E-state index contributed by atoms with van der Waals surface area (Å²) in [5, 5.41) is 0. The summed E-state index contributed by atoms with van der Waals surface area (Å²) in [6, 6.07) is 1.80. The molecule has 0 amide bonds. The van der Waals surface area contributed by atoms with Gasteiger partial charge in [-0.3, -0.25) is 4.79 Å². The second kappa shape index (κ2) is 4.96. The topological polar surface area (TPSA) is 48.3 Å². The number of ether oxygens (including phenoxy) is 1. The van der Waals surface area contributed by atoms with E-state index in [-0.39, 0.29) is 17.6 Å². The summed E-state index contributed by atoms with van der Waals surface area (Å²) in [4.78, 5) is 24.0. The van der Waals surface area contributed by atoms with Crippen LogP contribution < -0.4 is 5.56 Å². The van der Waals surface area contributed by atoms with E-state index in [1.165, 1.54) is 6.07 Å². The minimum absolute atomic E-state index is 0.0113. The summed E-state index contributed by atoms with van der Waals surface area (Å²) in [7, 11) is 0. The third kappa shape index (κ3) is 2.07. The number of hydrogen-bond acceptors (Lipinski definition) is 3. The van der Waals surface area contributed by atoms with Crippen LogP contribution >= 0.6 is 0 Å². The van der Waals surface area contributed by atoms with Crippen molar-refractivity contribution >= 4 is 5.97 Å². The molecule has 2 rings (SSSR count). The van der Waals surface area contributed by atoms with Crippen LogP contribution in [-0.4, -0.2) is 17.1 Å². The van der Waals surface area contributed by atoms with Crippen LogP contribution in [-0.2, 0) is 4.74 Å². The van der Waals surface area contributed by atoms with Gasteiger partial charge in [0, 0.05) is 17.8 Å². The van der Waals surface area contributed by atoms with Crippen LogP contribution in [0.2, 0.25) is 0 Å². The van der Waals surface area contributed by atoms with Gasteiger partial charge in [-0.2, -0.15) is 0 Å². The molecule has 4 heteroatoms. The molecular weight excluding hydrogens is 230 g/mol. The Kier molecular flexibility index (Phi) is 3.55. The number of esters is 1. The van der Waals surface area contributed by atoms with Crippen LogP contribution in [0.5, 0.6) is 0 Å². The van der Waals surface area contributed by atoms with Gasteiger partial charge in [0.05, 0.1) is 12.2 Å². The minimum Gasteiger partial charge on any atom is -0.462 e. The van der Waals surface area contributed by atoms with E-state index in [1.807, 2.05) is 6.92 Å². The summed E-state index contributed by atoms with van der Waals surface area (Å²) >= 11 is 0. The van der Waals surface area contributed by atoms with Crippen LogP contribution in [0.1, 0.15) is 53.8 Å². The van der Waals surface area contributed by atoms with Crippen molar-refractivity contribution in [2.75, 3.05) is 6.61 Å². The van der Waals surface area contributed by atoms with Crippen molar-refractivity contribution in [3.63, 3.8) is 0 Å². The average molecular weight is 249 g/mol. The van der Waals surface area contributed by atoms with Crippen LogP contribution in [0, 0.1) is 13.8 Å². The molecule has 4 nitrogen and oxygen atoms in total. The lowest BCUT2D eigenvalue weighted by molar-refractivity contribution is 0.0522. The van der Waals surface area contributed by atoms with E-state index in [0.29, 0.717) is 17.7 Å². The molecule has 1 saturated carbocycles. The first kappa shape index (κ1) is 12.9. The Balaban J connectivity index is 2.52. The SMILES string of the molecule is CCOC(=O)c1c(C)cc(=O)n(C2CCC2)c1C. The zero-order valence-electron chi connectivity index (χ0n) is 11.2. The molecule has 0 radical (unpaired) electrons. The number of pyridine rings is 1. The fourth-order valence-corrected chi connectivity index (χ4v) is 2.51. The average Bonchev–Trinajstić information content (AvgIpc) is 2.21. The molecule has 0 atom stereocenters. The number of hydrogen-bond donors (Lipinski definition) is 0. The lowest BCUT2D eigenvalue weighted by Crippen LogP contribution is -2.32. The van der Waals surface area contributed by atoms with Crippen LogP contribution in [0.4, 0.5) is 0 Å².